The maximum absolute atomic E-state index is 12.6. The van der Waals surface area contributed by atoms with Crippen molar-refractivity contribution in [2.24, 2.45) is 0 Å². The van der Waals surface area contributed by atoms with Gasteiger partial charge in [0.1, 0.15) is 24.2 Å². The molecule has 3 rings (SSSR count). The van der Waals surface area contributed by atoms with Gasteiger partial charge in [-0.2, -0.15) is 0 Å². The molecule has 0 spiro atoms. The summed E-state index contributed by atoms with van der Waals surface area (Å²) in [5.74, 6) is 0.631. The van der Waals surface area contributed by atoms with Gasteiger partial charge in [0.2, 0.25) is 5.91 Å². The largest absolute Gasteiger partial charge is 0.497 e. The van der Waals surface area contributed by atoms with Crippen LogP contribution < -0.4 is 4.74 Å². The maximum atomic E-state index is 12.6. The number of tetrazole rings is 1. The number of ether oxygens (including phenoxy) is 1. The molecule has 2 atom stereocenters. The van der Waals surface area contributed by atoms with Gasteiger partial charge < -0.3 is 14.7 Å². The normalized spacial score (nSPS) is 20.0. The lowest BCUT2D eigenvalue weighted by Gasteiger charge is -2.37. The summed E-state index contributed by atoms with van der Waals surface area (Å²) in [5.41, 5.74) is -0.380. The molecule has 0 radical (unpaired) electrons. The molecule has 0 saturated carbocycles. The predicted octanol–water partition coefficient (Wildman–Crippen LogP) is 0.580. The van der Waals surface area contributed by atoms with Crippen LogP contribution in [0, 0.1) is 0 Å². The highest BCUT2D eigenvalue weighted by Crippen LogP contribution is 2.35. The van der Waals surface area contributed by atoms with Crippen LogP contribution in [0.2, 0.25) is 0 Å². The lowest BCUT2D eigenvalue weighted by Crippen LogP contribution is -2.49. The van der Waals surface area contributed by atoms with Crippen molar-refractivity contribution in [2.45, 2.75) is 38.0 Å². The summed E-state index contributed by atoms with van der Waals surface area (Å²) < 4.78 is 6.55. The van der Waals surface area contributed by atoms with Crippen molar-refractivity contribution >= 4 is 5.91 Å². The van der Waals surface area contributed by atoms with Gasteiger partial charge in [-0.1, -0.05) is 12.1 Å². The van der Waals surface area contributed by atoms with Gasteiger partial charge in [0.25, 0.3) is 0 Å². The molecule has 0 aliphatic carbocycles. The second-order valence-electron chi connectivity index (χ2n) is 6.13. The summed E-state index contributed by atoms with van der Waals surface area (Å²) in [6, 6.07) is 7.01. The lowest BCUT2D eigenvalue weighted by molar-refractivity contribution is -0.138. The van der Waals surface area contributed by atoms with Crippen LogP contribution in [0.4, 0.5) is 0 Å². The predicted molar refractivity (Wildman–Crippen MR) is 85.1 cm³/mol. The van der Waals surface area contributed by atoms with E-state index in [4.69, 9.17) is 4.74 Å². The highest BCUT2D eigenvalue weighted by molar-refractivity contribution is 5.76. The van der Waals surface area contributed by atoms with Crippen LogP contribution in [0.15, 0.2) is 30.6 Å². The molecule has 128 valence electrons. The molecule has 1 aliphatic rings. The van der Waals surface area contributed by atoms with E-state index < -0.39 is 5.60 Å². The van der Waals surface area contributed by atoms with E-state index in [1.165, 1.54) is 11.0 Å². The Morgan fingerprint density at radius 3 is 2.79 bits per heavy atom. The molecular formula is C16H21N5O3. The summed E-state index contributed by atoms with van der Waals surface area (Å²) in [6.07, 6.45) is 3.02. The number of aromatic nitrogens is 4. The molecule has 2 heterocycles. The molecule has 1 aromatic carbocycles. The zero-order valence-electron chi connectivity index (χ0n) is 13.8. The number of rotatable bonds is 5. The number of carbonyl (C=O) groups excluding carboxylic acids is 1. The summed E-state index contributed by atoms with van der Waals surface area (Å²) in [6.45, 7) is 2.45. The summed E-state index contributed by atoms with van der Waals surface area (Å²) >= 11 is 0. The van der Waals surface area contributed by atoms with Crippen molar-refractivity contribution in [3.8, 4) is 5.75 Å². The second kappa shape index (κ2) is 6.56. The third-order valence-electron chi connectivity index (χ3n) is 4.59. The zero-order chi connectivity index (χ0) is 17.2. The lowest BCUT2D eigenvalue weighted by atomic mass is 9.86. The molecule has 0 bridgehead atoms. The summed E-state index contributed by atoms with van der Waals surface area (Å²) in [7, 11) is 1.60. The Labute approximate surface area is 140 Å². The fraction of sp³-hybridized carbons (Fsp3) is 0.500. The highest BCUT2D eigenvalue weighted by atomic mass is 16.5. The first-order valence-corrected chi connectivity index (χ1v) is 7.89. The Kier molecular flexibility index (Phi) is 4.48. The van der Waals surface area contributed by atoms with Crippen LogP contribution >= 0.6 is 0 Å². The minimum absolute atomic E-state index is 0.0716. The molecule has 2 aromatic rings. The Balaban J connectivity index is 1.78. The molecule has 1 fully saturated rings. The minimum atomic E-state index is -1.14. The quantitative estimate of drug-likeness (QED) is 0.861. The minimum Gasteiger partial charge on any atom is -0.497 e. The van der Waals surface area contributed by atoms with E-state index in [9.17, 15) is 9.90 Å². The van der Waals surface area contributed by atoms with Crippen LogP contribution in [0.1, 0.15) is 25.3 Å². The molecule has 1 amide bonds. The first kappa shape index (κ1) is 16.4. The van der Waals surface area contributed by atoms with E-state index in [1.807, 2.05) is 24.3 Å². The molecule has 1 saturated heterocycles. The molecule has 1 aliphatic heterocycles. The van der Waals surface area contributed by atoms with Crippen molar-refractivity contribution in [1.29, 1.82) is 0 Å². The number of aliphatic hydroxyl groups is 1. The SMILES string of the molecule is COc1ccc([C@](C)(O)[C@H]2CCCN2C(=O)Cn2cnnn2)cc1. The number of benzene rings is 1. The summed E-state index contributed by atoms with van der Waals surface area (Å²) in [5, 5.41) is 21.9. The van der Waals surface area contributed by atoms with E-state index in [0.717, 1.165) is 24.2 Å². The number of hydrogen-bond donors (Lipinski definition) is 1. The number of amides is 1. The maximum Gasteiger partial charge on any atom is 0.244 e. The number of hydrogen-bond acceptors (Lipinski definition) is 6. The smallest absolute Gasteiger partial charge is 0.244 e. The average Bonchev–Trinajstić information content (AvgIpc) is 3.26. The molecule has 0 unspecified atom stereocenters. The van der Waals surface area contributed by atoms with Crippen molar-refractivity contribution in [3.63, 3.8) is 0 Å². The van der Waals surface area contributed by atoms with Gasteiger partial charge in [-0.15, -0.1) is 5.10 Å². The third-order valence-corrected chi connectivity index (χ3v) is 4.59. The first-order valence-electron chi connectivity index (χ1n) is 7.89. The second-order valence-corrected chi connectivity index (χ2v) is 6.13. The van der Waals surface area contributed by atoms with E-state index in [1.54, 1.807) is 18.9 Å². The van der Waals surface area contributed by atoms with Crippen molar-refractivity contribution < 1.29 is 14.6 Å². The van der Waals surface area contributed by atoms with Gasteiger partial charge in [-0.25, -0.2) is 4.68 Å². The third kappa shape index (κ3) is 3.09. The van der Waals surface area contributed by atoms with E-state index in [0.29, 0.717) is 6.54 Å². The number of carbonyl (C=O) groups is 1. The molecular weight excluding hydrogens is 310 g/mol. The number of likely N-dealkylation sites (tertiary alicyclic amines) is 1. The fourth-order valence-electron chi connectivity index (χ4n) is 3.25. The van der Waals surface area contributed by atoms with Gasteiger partial charge in [-0.05, 0) is 47.9 Å². The standard InChI is InChI=1S/C16H21N5O3/c1-16(23,12-5-7-13(24-2)8-6-12)14-4-3-9-21(14)15(22)10-20-11-17-18-19-20/h5-8,11,14,23H,3-4,9-10H2,1-2H3/t14-,16+/m1/s1. The van der Waals surface area contributed by atoms with Crippen molar-refractivity contribution in [2.75, 3.05) is 13.7 Å². The highest BCUT2D eigenvalue weighted by Gasteiger charge is 2.42. The van der Waals surface area contributed by atoms with E-state index >= 15 is 0 Å². The molecule has 8 nitrogen and oxygen atoms in total. The Morgan fingerprint density at radius 1 is 1.42 bits per heavy atom. The zero-order valence-corrected chi connectivity index (χ0v) is 13.8. The van der Waals surface area contributed by atoms with Crippen LogP contribution in [0.5, 0.6) is 5.75 Å². The topological polar surface area (TPSA) is 93.4 Å². The van der Waals surface area contributed by atoms with Gasteiger partial charge in [-0.3, -0.25) is 4.79 Å². The Bertz CT molecular complexity index is 684. The van der Waals surface area contributed by atoms with Crippen molar-refractivity contribution in [1.82, 2.24) is 25.1 Å². The van der Waals surface area contributed by atoms with Gasteiger partial charge in [0, 0.05) is 6.54 Å². The fourth-order valence-corrected chi connectivity index (χ4v) is 3.25. The monoisotopic (exact) mass is 331 g/mol. The summed E-state index contributed by atoms with van der Waals surface area (Å²) in [4.78, 5) is 14.3. The van der Waals surface area contributed by atoms with Gasteiger partial charge >= 0.3 is 0 Å². The van der Waals surface area contributed by atoms with Crippen LogP contribution in [0.25, 0.3) is 0 Å². The van der Waals surface area contributed by atoms with E-state index in [-0.39, 0.29) is 18.5 Å². The Hall–Kier alpha value is -2.48. The van der Waals surface area contributed by atoms with Gasteiger partial charge in [0.05, 0.1) is 13.2 Å². The molecule has 8 heteroatoms. The number of methoxy groups -OCH3 is 1. The Morgan fingerprint density at radius 2 is 2.17 bits per heavy atom. The average molecular weight is 331 g/mol. The first-order chi connectivity index (χ1) is 11.5. The van der Waals surface area contributed by atoms with Crippen LogP contribution in [-0.4, -0.2) is 55.8 Å². The van der Waals surface area contributed by atoms with E-state index in [2.05, 4.69) is 15.5 Å². The molecule has 1 aromatic heterocycles. The van der Waals surface area contributed by atoms with Crippen LogP contribution in [0.3, 0.4) is 0 Å². The van der Waals surface area contributed by atoms with Crippen molar-refractivity contribution in [3.05, 3.63) is 36.2 Å². The molecule has 1 N–H and O–H groups in total. The number of nitrogens with zero attached hydrogens (tertiary/aromatic N) is 5. The van der Waals surface area contributed by atoms with Crippen LogP contribution in [-0.2, 0) is 16.9 Å². The van der Waals surface area contributed by atoms with Gasteiger partial charge in [0.15, 0.2) is 0 Å². The molecule has 24 heavy (non-hydrogen) atoms.